The van der Waals surface area contributed by atoms with Crippen molar-refractivity contribution in [2.75, 3.05) is 11.1 Å². The summed E-state index contributed by atoms with van der Waals surface area (Å²) >= 11 is 12.1. The predicted octanol–water partition coefficient (Wildman–Crippen LogP) is 3.88. The number of hydrogen-bond donors (Lipinski definition) is 2. The Labute approximate surface area is 141 Å². The van der Waals surface area contributed by atoms with Crippen molar-refractivity contribution in [3.8, 4) is 11.1 Å². The first-order chi connectivity index (χ1) is 11.0. The number of hydrogen-bond acceptors (Lipinski definition) is 5. The molecule has 2 heterocycles. The van der Waals surface area contributed by atoms with E-state index in [1.165, 1.54) is 12.3 Å². The van der Waals surface area contributed by atoms with E-state index in [1.807, 2.05) is 0 Å². The smallest absolute Gasteiger partial charge is 0.295 e. The van der Waals surface area contributed by atoms with Crippen molar-refractivity contribution in [2.45, 2.75) is 0 Å². The SMILES string of the molecule is Nc1nc(NC(=O)c2ccno2)ccc1-c1cc(Cl)ccc1Cl. The maximum absolute atomic E-state index is 11.9. The van der Waals surface area contributed by atoms with E-state index in [2.05, 4.69) is 15.5 Å². The Morgan fingerprint density at radius 3 is 2.65 bits per heavy atom. The van der Waals surface area contributed by atoms with Crippen LogP contribution in [0.3, 0.4) is 0 Å². The maximum atomic E-state index is 11.9. The molecule has 2 aromatic heterocycles. The summed E-state index contributed by atoms with van der Waals surface area (Å²) in [5.74, 6) is 0.102. The van der Waals surface area contributed by atoms with E-state index in [-0.39, 0.29) is 17.4 Å². The first-order valence-electron chi connectivity index (χ1n) is 6.48. The first kappa shape index (κ1) is 15.3. The molecule has 6 nitrogen and oxygen atoms in total. The number of pyridine rings is 1. The Hall–Kier alpha value is -2.57. The second kappa shape index (κ2) is 6.28. The van der Waals surface area contributed by atoms with Gasteiger partial charge in [-0.05, 0) is 30.3 Å². The lowest BCUT2D eigenvalue weighted by molar-refractivity contribution is 0.0987. The van der Waals surface area contributed by atoms with Crippen LogP contribution < -0.4 is 11.1 Å². The van der Waals surface area contributed by atoms with Crippen LogP contribution in [-0.4, -0.2) is 16.0 Å². The third-order valence-corrected chi connectivity index (χ3v) is 3.61. The molecule has 0 spiro atoms. The minimum Gasteiger partial charge on any atom is -0.383 e. The van der Waals surface area contributed by atoms with Gasteiger partial charge < -0.3 is 15.6 Å². The number of carbonyl (C=O) groups excluding carboxylic acids is 1. The summed E-state index contributed by atoms with van der Waals surface area (Å²) in [4.78, 5) is 16.0. The fourth-order valence-electron chi connectivity index (χ4n) is 1.99. The molecule has 0 aliphatic rings. The van der Waals surface area contributed by atoms with E-state index in [1.54, 1.807) is 30.3 Å². The molecule has 3 N–H and O–H groups in total. The zero-order chi connectivity index (χ0) is 16.4. The van der Waals surface area contributed by atoms with E-state index in [9.17, 15) is 4.79 Å². The van der Waals surface area contributed by atoms with Gasteiger partial charge in [0, 0.05) is 27.2 Å². The average molecular weight is 349 g/mol. The van der Waals surface area contributed by atoms with Crippen LogP contribution in [0.15, 0.2) is 47.1 Å². The lowest BCUT2D eigenvalue weighted by atomic mass is 10.1. The van der Waals surface area contributed by atoms with E-state index >= 15 is 0 Å². The molecule has 1 aromatic carbocycles. The fraction of sp³-hybridized carbons (Fsp3) is 0. The van der Waals surface area contributed by atoms with Gasteiger partial charge in [0.25, 0.3) is 5.91 Å². The zero-order valence-electron chi connectivity index (χ0n) is 11.6. The Kier molecular flexibility index (Phi) is 4.18. The molecule has 8 heteroatoms. The van der Waals surface area contributed by atoms with Crippen LogP contribution in [0.5, 0.6) is 0 Å². The first-order valence-corrected chi connectivity index (χ1v) is 7.24. The largest absolute Gasteiger partial charge is 0.383 e. The van der Waals surface area contributed by atoms with Gasteiger partial charge in [0.1, 0.15) is 11.6 Å². The second-order valence-electron chi connectivity index (χ2n) is 4.58. The Morgan fingerprint density at radius 1 is 1.13 bits per heavy atom. The number of aromatic nitrogens is 2. The summed E-state index contributed by atoms with van der Waals surface area (Å²) in [6.45, 7) is 0. The molecule has 0 aliphatic heterocycles. The molecular formula is C15H10Cl2N4O2. The molecule has 0 radical (unpaired) electrons. The van der Waals surface area contributed by atoms with Gasteiger partial charge in [0.05, 0.1) is 6.20 Å². The van der Waals surface area contributed by atoms with Gasteiger partial charge in [0.2, 0.25) is 5.76 Å². The number of anilines is 2. The normalized spacial score (nSPS) is 10.5. The molecular weight excluding hydrogens is 339 g/mol. The predicted molar refractivity (Wildman–Crippen MR) is 88.6 cm³/mol. The second-order valence-corrected chi connectivity index (χ2v) is 5.43. The summed E-state index contributed by atoms with van der Waals surface area (Å²) in [5, 5.41) is 7.07. The van der Waals surface area contributed by atoms with Crippen molar-refractivity contribution in [1.29, 1.82) is 0 Å². The summed E-state index contributed by atoms with van der Waals surface area (Å²) in [7, 11) is 0. The molecule has 0 fully saturated rings. The molecule has 23 heavy (non-hydrogen) atoms. The Morgan fingerprint density at radius 2 is 1.96 bits per heavy atom. The van der Waals surface area contributed by atoms with Gasteiger partial charge in [-0.2, -0.15) is 0 Å². The minimum atomic E-state index is -0.470. The number of rotatable bonds is 3. The van der Waals surface area contributed by atoms with Gasteiger partial charge in [-0.15, -0.1) is 0 Å². The molecule has 0 saturated carbocycles. The molecule has 0 unspecified atom stereocenters. The highest BCUT2D eigenvalue weighted by Crippen LogP contribution is 2.33. The number of nitrogens with one attached hydrogen (secondary N) is 1. The topological polar surface area (TPSA) is 94.0 Å². The zero-order valence-corrected chi connectivity index (χ0v) is 13.1. The number of amides is 1. The van der Waals surface area contributed by atoms with Gasteiger partial charge >= 0.3 is 0 Å². The maximum Gasteiger partial charge on any atom is 0.295 e. The van der Waals surface area contributed by atoms with Crippen LogP contribution in [0.2, 0.25) is 10.0 Å². The van der Waals surface area contributed by atoms with Crippen LogP contribution in [0.1, 0.15) is 10.6 Å². The van der Waals surface area contributed by atoms with Crippen LogP contribution in [0.4, 0.5) is 11.6 Å². The van der Waals surface area contributed by atoms with E-state index in [0.717, 1.165) is 0 Å². The molecule has 1 amide bonds. The van der Waals surface area contributed by atoms with Crippen LogP contribution >= 0.6 is 23.2 Å². The number of halogens is 2. The summed E-state index contributed by atoms with van der Waals surface area (Å²) in [6.07, 6.45) is 1.38. The molecule has 116 valence electrons. The lowest BCUT2D eigenvalue weighted by Crippen LogP contribution is -2.12. The van der Waals surface area contributed by atoms with Crippen molar-refractivity contribution < 1.29 is 9.32 Å². The van der Waals surface area contributed by atoms with Crippen LogP contribution in [-0.2, 0) is 0 Å². The van der Waals surface area contributed by atoms with Gasteiger partial charge in [-0.3, -0.25) is 4.79 Å². The standard InChI is InChI=1S/C15H10Cl2N4O2/c16-8-1-3-11(17)10(7-8)9-2-4-13(20-14(9)18)21-15(22)12-5-6-19-23-12/h1-7H,(H3,18,20,21,22). The van der Waals surface area contributed by atoms with Crippen molar-refractivity contribution >= 4 is 40.7 Å². The number of carbonyl (C=O) groups is 1. The third kappa shape index (κ3) is 3.28. The molecule has 3 rings (SSSR count). The molecule has 0 bridgehead atoms. The Balaban J connectivity index is 1.89. The highest BCUT2D eigenvalue weighted by Gasteiger charge is 2.13. The Bertz CT molecular complexity index is 866. The van der Waals surface area contributed by atoms with E-state index in [4.69, 9.17) is 33.5 Å². The van der Waals surface area contributed by atoms with E-state index < -0.39 is 5.91 Å². The van der Waals surface area contributed by atoms with Crippen molar-refractivity contribution in [3.05, 3.63) is 58.4 Å². The monoisotopic (exact) mass is 348 g/mol. The van der Waals surface area contributed by atoms with Crippen molar-refractivity contribution in [2.24, 2.45) is 0 Å². The molecule has 0 atom stereocenters. The number of nitrogens with two attached hydrogens (primary N) is 1. The van der Waals surface area contributed by atoms with Crippen LogP contribution in [0.25, 0.3) is 11.1 Å². The number of nitrogen functional groups attached to an aromatic ring is 1. The quantitative estimate of drug-likeness (QED) is 0.748. The summed E-state index contributed by atoms with van der Waals surface area (Å²) in [5.41, 5.74) is 7.25. The summed E-state index contributed by atoms with van der Waals surface area (Å²) < 4.78 is 4.77. The fourth-order valence-corrected chi connectivity index (χ4v) is 2.38. The number of benzene rings is 1. The molecule has 0 aliphatic carbocycles. The third-order valence-electron chi connectivity index (χ3n) is 3.05. The highest BCUT2D eigenvalue weighted by molar-refractivity contribution is 6.35. The van der Waals surface area contributed by atoms with Gasteiger partial charge in [0.15, 0.2) is 0 Å². The highest BCUT2D eigenvalue weighted by atomic mass is 35.5. The lowest BCUT2D eigenvalue weighted by Gasteiger charge is -2.10. The van der Waals surface area contributed by atoms with Crippen molar-refractivity contribution in [3.63, 3.8) is 0 Å². The summed E-state index contributed by atoms with van der Waals surface area (Å²) in [6, 6.07) is 9.82. The van der Waals surface area contributed by atoms with Crippen molar-refractivity contribution in [1.82, 2.24) is 10.1 Å². The molecule has 3 aromatic rings. The van der Waals surface area contributed by atoms with Gasteiger partial charge in [-0.1, -0.05) is 28.4 Å². The average Bonchev–Trinajstić information content (AvgIpc) is 3.05. The van der Waals surface area contributed by atoms with E-state index in [0.29, 0.717) is 21.2 Å². The molecule has 0 saturated heterocycles. The van der Waals surface area contributed by atoms with Crippen LogP contribution in [0, 0.1) is 0 Å². The van der Waals surface area contributed by atoms with Gasteiger partial charge in [-0.25, -0.2) is 4.98 Å². The minimum absolute atomic E-state index is 0.0762. The number of nitrogens with zero attached hydrogens (tertiary/aromatic N) is 2.